The maximum atomic E-state index is 11.8. The number of carbonyl (C=O) groups excluding carboxylic acids is 3. The van der Waals surface area contributed by atoms with Gasteiger partial charge in [-0.1, -0.05) is 126 Å². The van der Waals surface area contributed by atoms with Crippen LogP contribution in [0.5, 0.6) is 0 Å². The van der Waals surface area contributed by atoms with Gasteiger partial charge in [0.1, 0.15) is 27.2 Å². The van der Waals surface area contributed by atoms with E-state index < -0.39 is 16.8 Å². The Bertz CT molecular complexity index is 3060. The van der Waals surface area contributed by atoms with Gasteiger partial charge in [0, 0.05) is 103 Å². The summed E-state index contributed by atoms with van der Waals surface area (Å²) in [6.45, 7) is 17.2. The van der Waals surface area contributed by atoms with Gasteiger partial charge in [-0.2, -0.15) is 6.42 Å². The monoisotopic (exact) mass is 1360 g/mol. The molecule has 4 aromatic heterocycles. The molecule has 5 aliphatic rings. The van der Waals surface area contributed by atoms with Crippen molar-refractivity contribution in [1.29, 1.82) is 0 Å². The van der Waals surface area contributed by atoms with Crippen molar-refractivity contribution in [3.05, 3.63) is 233 Å². The van der Waals surface area contributed by atoms with Gasteiger partial charge in [0.2, 0.25) is 0 Å². The second-order valence-corrected chi connectivity index (χ2v) is 24.5. The first-order valence-corrected chi connectivity index (χ1v) is 33.6. The predicted molar refractivity (Wildman–Crippen MR) is 367 cm³/mol. The number of hydrogen-bond donors (Lipinski definition) is 5. The Balaban J connectivity index is 0.000000235. The predicted octanol–water partition coefficient (Wildman–Crippen LogP) is 8.57. The van der Waals surface area contributed by atoms with Gasteiger partial charge < -0.3 is 38.2 Å². The van der Waals surface area contributed by atoms with Crippen molar-refractivity contribution >= 4 is 49.5 Å². The zero-order valence-corrected chi connectivity index (χ0v) is 56.6. The summed E-state index contributed by atoms with van der Waals surface area (Å²) in [5.74, 6) is 0.0717. The molecule has 16 nitrogen and oxygen atoms in total. The molecule has 0 spiro atoms. The van der Waals surface area contributed by atoms with Crippen LogP contribution in [0.3, 0.4) is 0 Å². The van der Waals surface area contributed by atoms with Gasteiger partial charge >= 0.3 is 18.9 Å². The number of halogens is 2. The number of aromatic nitrogens is 4. The maximum absolute atomic E-state index is 11.8. The van der Waals surface area contributed by atoms with Crippen LogP contribution < -0.4 is 29.9 Å². The Kier molecular flexibility index (Phi) is 34.9. The Labute approximate surface area is 570 Å². The minimum atomic E-state index is -0.756. The molecular weight excluding hydrogens is 1270 g/mol. The van der Waals surface area contributed by atoms with E-state index in [4.69, 9.17) is 5.73 Å². The Morgan fingerprint density at radius 3 is 1.27 bits per heavy atom. The molecule has 0 aliphatic carbocycles. The van der Waals surface area contributed by atoms with Gasteiger partial charge in [0.05, 0.1) is 28.2 Å². The third-order valence-electron chi connectivity index (χ3n) is 16.2. The quantitative estimate of drug-likeness (QED) is 0.0227. The number of Topliss-reactive ketones (excluding diaryl/α,β-unsaturated/α-hetero) is 1. The molecule has 9 heterocycles. The van der Waals surface area contributed by atoms with E-state index >= 15 is 0 Å². The van der Waals surface area contributed by atoms with Crippen LogP contribution in [0.15, 0.2) is 187 Å². The van der Waals surface area contributed by atoms with E-state index in [1.165, 1.54) is 22.4 Å². The fraction of sp³-hybridized carbons (Fsp3) is 0.417. The van der Waals surface area contributed by atoms with E-state index in [1.807, 2.05) is 84.9 Å². The number of pyridine rings is 4. The largest absolute Gasteiger partial charge is 1.00 e. The third kappa shape index (κ3) is 26.0. The summed E-state index contributed by atoms with van der Waals surface area (Å²) in [5, 5.41) is 35.6. The molecule has 4 saturated heterocycles. The summed E-state index contributed by atoms with van der Waals surface area (Å²) in [6.07, 6.45) is 17.0. The molecule has 0 atom stereocenters. The fourth-order valence-electron chi connectivity index (χ4n) is 10.7. The number of aliphatic hydroxyl groups is 3. The number of amides is 2. The molecule has 0 bridgehead atoms. The van der Waals surface area contributed by atoms with Crippen LogP contribution in [0.4, 0.5) is 0 Å². The average molecular weight is 1360 g/mol. The zero-order chi connectivity index (χ0) is 64.3. The third-order valence-corrected chi connectivity index (χ3v) is 17.2. The van der Waals surface area contributed by atoms with Crippen molar-refractivity contribution in [2.24, 2.45) is 5.73 Å². The summed E-state index contributed by atoms with van der Waals surface area (Å²) in [7, 11) is 0. The molecule has 7 aromatic rings. The molecule has 484 valence electrons. The van der Waals surface area contributed by atoms with Gasteiger partial charge in [-0.15, -0.1) is 0 Å². The number of unbranched alkanes of at least 4 members (excludes halogenated alkanes) is 1. The molecule has 3 aromatic carbocycles. The molecule has 12 rings (SSSR count). The first-order valence-electron chi connectivity index (χ1n) is 31.7. The van der Waals surface area contributed by atoms with E-state index in [0.29, 0.717) is 23.5 Å². The number of imide groups is 1. The molecule has 2 amide bonds. The molecule has 4 fully saturated rings. The van der Waals surface area contributed by atoms with E-state index in [0.717, 1.165) is 176 Å². The number of fused-ring (bicyclic) bond motifs is 1. The minimum Gasteiger partial charge on any atom is -0.383 e. The number of nitrogens with one attached hydrogen (secondary N) is 1. The molecule has 19 heteroatoms. The zero-order valence-electron chi connectivity index (χ0n) is 53.4. The Hall–Kier alpha value is -5.69. The Morgan fingerprint density at radius 1 is 0.527 bits per heavy atom. The molecule has 5 aliphatic heterocycles. The number of piperidine rings is 4. The van der Waals surface area contributed by atoms with Gasteiger partial charge in [0.15, 0.2) is 0 Å². The topological polar surface area (TPSA) is 214 Å². The number of ketones is 1. The van der Waals surface area contributed by atoms with Crippen molar-refractivity contribution in [2.75, 3.05) is 77.3 Å². The number of alkyl halides is 1. The van der Waals surface area contributed by atoms with Crippen LogP contribution >= 0.6 is 31.9 Å². The van der Waals surface area contributed by atoms with Crippen LogP contribution in [0.25, 0.3) is 0 Å². The summed E-state index contributed by atoms with van der Waals surface area (Å²) in [5.41, 5.74) is 9.44. The van der Waals surface area contributed by atoms with Gasteiger partial charge in [-0.05, 0) is 165 Å². The fourth-order valence-corrected chi connectivity index (χ4v) is 11.2. The SMILES string of the molecule is Brc1ccccn1.NCCCN1CCC(O)(c2ccccn2)CC1.O=C1CCN(Cc2ccccc2)CC1.O=C1c2ccccc2C(=O)N1CCCBr.OC1(c2ccccn2)CCN(Cc2ccccc2)CC1.OC1(c2ccccn2)CCNCC1.[CH2-]CCC.[HH].[Li+]. The molecule has 0 radical (unpaired) electrons. The molecule has 6 N–H and O–H groups in total. The summed E-state index contributed by atoms with van der Waals surface area (Å²) in [6, 6.07) is 50.7. The molecule has 0 unspecified atom stereocenters. The number of nitrogens with two attached hydrogens (primary N) is 1. The van der Waals surface area contributed by atoms with E-state index in [1.54, 1.807) is 49.1 Å². The van der Waals surface area contributed by atoms with Gasteiger partial charge in [0.25, 0.3) is 11.8 Å². The molecule has 0 saturated carbocycles. The normalized spacial score (nSPS) is 17.2. The number of nitrogens with zero attached hydrogens (tertiary/aromatic N) is 8. The van der Waals surface area contributed by atoms with Crippen molar-refractivity contribution in [1.82, 2.24) is 44.9 Å². The first-order chi connectivity index (χ1) is 43.7. The van der Waals surface area contributed by atoms with Gasteiger partial charge in [-0.25, -0.2) is 4.98 Å². The summed E-state index contributed by atoms with van der Waals surface area (Å²) < 4.78 is 0.884. The second-order valence-electron chi connectivity index (χ2n) is 22.9. The number of benzene rings is 3. The number of likely N-dealkylation sites (tertiary alicyclic amines) is 3. The number of rotatable bonds is 14. The van der Waals surface area contributed by atoms with Crippen molar-refractivity contribution < 1.29 is 50.0 Å². The minimum absolute atomic E-state index is 0. The van der Waals surface area contributed by atoms with Crippen LogP contribution in [-0.4, -0.2) is 150 Å². The van der Waals surface area contributed by atoms with Crippen molar-refractivity contribution in [2.45, 2.75) is 114 Å². The number of hydrogen-bond acceptors (Lipinski definition) is 15. The van der Waals surface area contributed by atoms with Crippen LogP contribution in [-0.2, 0) is 34.7 Å². The standard InChI is InChI=1S/C17H20N2O.C13H21N3O.C12H15NO.C11H10BrNO2.C10H14N2O.C5H4BrN.C4H9.Li.H2/c20-17(16-8-4-5-11-18-16)9-12-19(13-10-17)14-15-6-2-1-3-7-15;14-7-3-9-16-10-5-13(17,6-11-16)12-4-1-2-8-15-12;14-12-6-8-13(9-7-12)10-11-4-2-1-3-5-11;12-6-3-7-13-10(14)8-4-1-2-5-9(8)11(13)15;13-10(4-7-11-8-5-10)9-3-1-2-6-12-9;6-5-3-1-2-4-7-5;1-3-4-2;;/h1-8,11,20H,9-10,12-14H2;1-2,4,8,17H,3,5-7,9-11,14H2;1-5H,6-10H2;1-2,4-5H,3,6-7H2;1-3,6,11,13H,4-5,7-8H2;1-4H;1,3-4H2,2H3;;1H/q;;;;;;-1;+1;. The summed E-state index contributed by atoms with van der Waals surface area (Å²) in [4.78, 5) is 59.7. The maximum Gasteiger partial charge on any atom is 1.00 e. The van der Waals surface area contributed by atoms with Crippen LogP contribution in [0.1, 0.15) is 134 Å². The van der Waals surface area contributed by atoms with Crippen molar-refractivity contribution in [3.63, 3.8) is 0 Å². The van der Waals surface area contributed by atoms with E-state index in [-0.39, 0.29) is 32.1 Å². The molecular formula is C72H95Br2LiN10O6. The van der Waals surface area contributed by atoms with Crippen LogP contribution in [0, 0.1) is 6.92 Å². The summed E-state index contributed by atoms with van der Waals surface area (Å²) >= 11 is 6.48. The van der Waals surface area contributed by atoms with Crippen LogP contribution in [0.2, 0.25) is 0 Å². The smallest absolute Gasteiger partial charge is 0.383 e. The molecule has 91 heavy (non-hydrogen) atoms. The second kappa shape index (κ2) is 41.8. The van der Waals surface area contributed by atoms with Crippen molar-refractivity contribution in [3.8, 4) is 0 Å². The van der Waals surface area contributed by atoms with E-state index in [9.17, 15) is 29.7 Å². The van der Waals surface area contributed by atoms with E-state index in [2.05, 4.69) is 134 Å². The van der Waals surface area contributed by atoms with Gasteiger partial charge in [-0.3, -0.25) is 44.0 Å². The number of carbonyl (C=O) groups is 3. The Morgan fingerprint density at radius 2 is 0.912 bits per heavy atom. The average Bonchev–Trinajstić information content (AvgIpc) is 1.61. The first kappa shape index (κ1) is 76.0.